The Bertz CT molecular complexity index is 474. The van der Waals surface area contributed by atoms with Gasteiger partial charge in [0.15, 0.2) is 0 Å². The predicted molar refractivity (Wildman–Crippen MR) is 85.5 cm³/mol. The number of methoxy groups -OCH3 is 1. The maximum atomic E-state index is 11.8. The molecule has 0 aliphatic rings. The van der Waals surface area contributed by atoms with Crippen LogP contribution in [0.5, 0.6) is 0 Å². The van der Waals surface area contributed by atoms with Crippen molar-refractivity contribution >= 4 is 11.9 Å². The van der Waals surface area contributed by atoms with Crippen LogP contribution in [0.1, 0.15) is 17.5 Å². The van der Waals surface area contributed by atoms with Crippen molar-refractivity contribution in [3.05, 3.63) is 35.4 Å². The number of hydrogen-bond donors (Lipinski definition) is 2. The first-order chi connectivity index (χ1) is 10.5. The molecule has 3 amide bonds. The summed E-state index contributed by atoms with van der Waals surface area (Å²) in [7, 11) is 3.34. The summed E-state index contributed by atoms with van der Waals surface area (Å²) in [5, 5.41) is 5.29. The quantitative estimate of drug-likeness (QED) is 0.711. The fourth-order valence-corrected chi connectivity index (χ4v) is 1.81. The van der Waals surface area contributed by atoms with Gasteiger partial charge in [-0.25, -0.2) is 4.79 Å². The zero-order chi connectivity index (χ0) is 16.4. The molecule has 0 saturated heterocycles. The van der Waals surface area contributed by atoms with Crippen LogP contribution in [0, 0.1) is 6.92 Å². The van der Waals surface area contributed by atoms with Crippen molar-refractivity contribution in [3.8, 4) is 0 Å². The number of hydrogen-bond acceptors (Lipinski definition) is 3. The second kappa shape index (κ2) is 9.78. The van der Waals surface area contributed by atoms with Crippen LogP contribution in [0.3, 0.4) is 0 Å². The van der Waals surface area contributed by atoms with Crippen molar-refractivity contribution < 1.29 is 14.3 Å². The SMILES string of the molecule is COCCCN(C)C(=O)CNC(=O)NCc1ccc(C)cc1. The molecule has 122 valence electrons. The van der Waals surface area contributed by atoms with Crippen LogP contribution >= 0.6 is 0 Å². The third kappa shape index (κ3) is 7.08. The molecule has 0 aliphatic heterocycles. The Kier molecular flexibility index (Phi) is 7.99. The lowest BCUT2D eigenvalue weighted by molar-refractivity contribution is -0.128. The first-order valence-corrected chi connectivity index (χ1v) is 7.33. The fraction of sp³-hybridized carbons (Fsp3) is 0.500. The van der Waals surface area contributed by atoms with Gasteiger partial charge in [-0.1, -0.05) is 29.8 Å². The maximum absolute atomic E-state index is 11.8. The van der Waals surface area contributed by atoms with Crippen LogP contribution in [0.25, 0.3) is 0 Å². The summed E-state index contributed by atoms with van der Waals surface area (Å²) in [6, 6.07) is 7.56. The topological polar surface area (TPSA) is 70.7 Å². The molecule has 0 aromatic heterocycles. The van der Waals surface area contributed by atoms with E-state index in [2.05, 4.69) is 10.6 Å². The van der Waals surface area contributed by atoms with Gasteiger partial charge in [0, 0.05) is 33.9 Å². The van der Waals surface area contributed by atoms with Crippen molar-refractivity contribution in [1.29, 1.82) is 0 Å². The molecule has 22 heavy (non-hydrogen) atoms. The Labute approximate surface area is 131 Å². The largest absolute Gasteiger partial charge is 0.385 e. The van der Waals surface area contributed by atoms with E-state index in [0.717, 1.165) is 12.0 Å². The number of amides is 3. The molecular weight excluding hydrogens is 282 g/mol. The lowest BCUT2D eigenvalue weighted by atomic mass is 10.1. The van der Waals surface area contributed by atoms with Gasteiger partial charge in [0.05, 0.1) is 6.54 Å². The minimum atomic E-state index is -0.348. The smallest absolute Gasteiger partial charge is 0.315 e. The van der Waals surface area contributed by atoms with Crippen molar-refractivity contribution in [2.75, 3.05) is 33.9 Å². The predicted octanol–water partition coefficient (Wildman–Crippen LogP) is 1.29. The standard InChI is InChI=1S/C16H25N3O3/c1-13-5-7-14(8-6-13)11-17-16(21)18-12-15(20)19(2)9-4-10-22-3/h5-8H,4,9-12H2,1-3H3,(H2,17,18,21). The van der Waals surface area contributed by atoms with E-state index in [4.69, 9.17) is 4.74 Å². The third-order valence-corrected chi connectivity index (χ3v) is 3.24. The molecule has 0 unspecified atom stereocenters. The van der Waals surface area contributed by atoms with E-state index in [1.165, 1.54) is 5.56 Å². The highest BCUT2D eigenvalue weighted by Crippen LogP contribution is 2.02. The summed E-state index contributed by atoms with van der Waals surface area (Å²) in [4.78, 5) is 25.0. The number of aryl methyl sites for hydroxylation is 1. The molecule has 0 spiro atoms. The zero-order valence-electron chi connectivity index (χ0n) is 13.5. The average Bonchev–Trinajstić information content (AvgIpc) is 2.52. The maximum Gasteiger partial charge on any atom is 0.315 e. The monoisotopic (exact) mass is 307 g/mol. The second-order valence-corrected chi connectivity index (χ2v) is 5.18. The first kappa shape index (κ1) is 18.0. The molecule has 1 rings (SSSR count). The molecular formula is C16H25N3O3. The highest BCUT2D eigenvalue weighted by Gasteiger charge is 2.09. The van der Waals surface area contributed by atoms with Gasteiger partial charge in [0.1, 0.15) is 0 Å². The van der Waals surface area contributed by atoms with Gasteiger partial charge in [0.2, 0.25) is 5.91 Å². The number of likely N-dealkylation sites (N-methyl/N-ethyl adjacent to an activating group) is 1. The molecule has 2 N–H and O–H groups in total. The summed E-state index contributed by atoms with van der Waals surface area (Å²) in [6.07, 6.45) is 0.776. The van der Waals surface area contributed by atoms with Gasteiger partial charge in [0.25, 0.3) is 0 Å². The Morgan fingerprint density at radius 2 is 1.86 bits per heavy atom. The molecule has 6 nitrogen and oxygen atoms in total. The van der Waals surface area contributed by atoms with Crippen LogP contribution in [-0.4, -0.2) is 50.7 Å². The molecule has 0 saturated carbocycles. The molecule has 0 fully saturated rings. The Balaban J connectivity index is 2.22. The van der Waals surface area contributed by atoms with E-state index in [1.807, 2.05) is 31.2 Å². The van der Waals surface area contributed by atoms with E-state index in [-0.39, 0.29) is 18.5 Å². The molecule has 0 heterocycles. The minimum Gasteiger partial charge on any atom is -0.385 e. The van der Waals surface area contributed by atoms with Crippen LogP contribution in [0.4, 0.5) is 4.79 Å². The molecule has 0 aliphatic carbocycles. The van der Waals surface area contributed by atoms with Gasteiger partial charge >= 0.3 is 6.03 Å². The second-order valence-electron chi connectivity index (χ2n) is 5.18. The van der Waals surface area contributed by atoms with Crippen molar-refractivity contribution in [1.82, 2.24) is 15.5 Å². The van der Waals surface area contributed by atoms with Gasteiger partial charge in [-0.05, 0) is 18.9 Å². The Hall–Kier alpha value is -2.08. The van der Waals surface area contributed by atoms with Crippen molar-refractivity contribution in [3.63, 3.8) is 0 Å². The summed E-state index contributed by atoms with van der Waals surface area (Å²) in [5.74, 6) is -0.124. The summed E-state index contributed by atoms with van der Waals surface area (Å²) in [5.41, 5.74) is 2.19. The summed E-state index contributed by atoms with van der Waals surface area (Å²) in [6.45, 7) is 3.66. The summed E-state index contributed by atoms with van der Waals surface area (Å²) >= 11 is 0. The third-order valence-electron chi connectivity index (χ3n) is 3.24. The number of rotatable bonds is 8. The number of nitrogens with zero attached hydrogens (tertiary/aromatic N) is 1. The number of ether oxygens (including phenoxy) is 1. The number of carbonyl (C=O) groups is 2. The highest BCUT2D eigenvalue weighted by atomic mass is 16.5. The molecule has 1 aromatic carbocycles. The van der Waals surface area contributed by atoms with E-state index >= 15 is 0 Å². The number of carbonyl (C=O) groups excluding carboxylic acids is 2. The lowest BCUT2D eigenvalue weighted by Crippen LogP contribution is -2.42. The number of benzene rings is 1. The van der Waals surface area contributed by atoms with Gasteiger partial charge in [-0.2, -0.15) is 0 Å². The molecule has 0 bridgehead atoms. The van der Waals surface area contributed by atoms with Crippen LogP contribution in [0.15, 0.2) is 24.3 Å². The van der Waals surface area contributed by atoms with Crippen molar-refractivity contribution in [2.24, 2.45) is 0 Å². The average molecular weight is 307 g/mol. The van der Waals surface area contributed by atoms with Crippen LogP contribution in [0.2, 0.25) is 0 Å². The fourth-order valence-electron chi connectivity index (χ4n) is 1.81. The molecule has 0 atom stereocenters. The Morgan fingerprint density at radius 3 is 2.50 bits per heavy atom. The minimum absolute atomic E-state index is 0.0107. The van der Waals surface area contributed by atoms with E-state index < -0.39 is 0 Å². The number of urea groups is 1. The Morgan fingerprint density at radius 1 is 1.18 bits per heavy atom. The first-order valence-electron chi connectivity index (χ1n) is 7.33. The van der Waals surface area contributed by atoms with Gasteiger partial charge in [-0.3, -0.25) is 4.79 Å². The van der Waals surface area contributed by atoms with Crippen LogP contribution < -0.4 is 10.6 Å². The summed E-state index contributed by atoms with van der Waals surface area (Å²) < 4.78 is 4.93. The van der Waals surface area contributed by atoms with Crippen LogP contribution in [-0.2, 0) is 16.1 Å². The van der Waals surface area contributed by atoms with E-state index in [1.54, 1.807) is 19.1 Å². The van der Waals surface area contributed by atoms with Crippen molar-refractivity contribution in [2.45, 2.75) is 19.9 Å². The van der Waals surface area contributed by atoms with E-state index in [9.17, 15) is 9.59 Å². The molecule has 1 aromatic rings. The number of nitrogens with one attached hydrogen (secondary N) is 2. The van der Waals surface area contributed by atoms with Gasteiger partial charge < -0.3 is 20.3 Å². The molecule has 0 radical (unpaired) electrons. The zero-order valence-corrected chi connectivity index (χ0v) is 13.5. The van der Waals surface area contributed by atoms with E-state index in [0.29, 0.717) is 19.7 Å². The normalized spacial score (nSPS) is 10.1. The van der Waals surface area contributed by atoms with Gasteiger partial charge in [-0.15, -0.1) is 0 Å². The lowest BCUT2D eigenvalue weighted by Gasteiger charge is -2.17. The highest BCUT2D eigenvalue weighted by molar-refractivity contribution is 5.83. The molecule has 6 heteroatoms.